The van der Waals surface area contributed by atoms with Crippen LogP contribution in [-0.4, -0.2) is 35.6 Å². The van der Waals surface area contributed by atoms with Gasteiger partial charge in [-0.2, -0.15) is 0 Å². The lowest BCUT2D eigenvalue weighted by Gasteiger charge is -2.51. The minimum atomic E-state index is 0.359. The quantitative estimate of drug-likeness (QED) is 0.835. The van der Waals surface area contributed by atoms with E-state index in [1.54, 1.807) is 0 Å². The number of hydrogen-bond acceptors (Lipinski definition) is 2. The van der Waals surface area contributed by atoms with Crippen LogP contribution in [0.3, 0.4) is 0 Å². The third-order valence-electron chi connectivity index (χ3n) is 6.13. The Kier molecular flexibility index (Phi) is 4.86. The van der Waals surface area contributed by atoms with Gasteiger partial charge >= 0.3 is 0 Å². The first kappa shape index (κ1) is 16.3. The van der Waals surface area contributed by atoms with Gasteiger partial charge in [-0.3, -0.25) is 4.90 Å². The fraction of sp³-hybridized carbons (Fsp3) is 1.00. The van der Waals surface area contributed by atoms with E-state index in [1.807, 2.05) is 0 Å². The van der Waals surface area contributed by atoms with Gasteiger partial charge in [-0.15, -0.1) is 0 Å². The predicted octanol–water partition coefficient (Wildman–Crippen LogP) is 4.05. The second kappa shape index (κ2) is 5.96. The number of rotatable bonds is 4. The molecule has 0 aromatic carbocycles. The Morgan fingerprint density at radius 1 is 1.20 bits per heavy atom. The SMILES string of the molecule is CCC1(CC)CN(C2CCC(C)(C)C2)C(C(C)C)CN1. The first-order valence-corrected chi connectivity index (χ1v) is 8.83. The third-order valence-corrected chi connectivity index (χ3v) is 6.13. The van der Waals surface area contributed by atoms with Crippen molar-refractivity contribution in [3.63, 3.8) is 0 Å². The molecule has 2 fully saturated rings. The van der Waals surface area contributed by atoms with E-state index in [2.05, 4.69) is 51.8 Å². The summed E-state index contributed by atoms with van der Waals surface area (Å²) >= 11 is 0. The van der Waals surface area contributed by atoms with Crippen molar-refractivity contribution in [2.75, 3.05) is 13.1 Å². The lowest BCUT2D eigenvalue weighted by Crippen LogP contribution is -2.66. The molecule has 0 amide bonds. The lowest BCUT2D eigenvalue weighted by atomic mass is 9.84. The molecule has 1 saturated heterocycles. The molecule has 0 spiro atoms. The minimum Gasteiger partial charge on any atom is -0.308 e. The van der Waals surface area contributed by atoms with Crippen LogP contribution in [0, 0.1) is 11.3 Å². The maximum absolute atomic E-state index is 3.90. The van der Waals surface area contributed by atoms with Crippen LogP contribution in [0.1, 0.15) is 73.6 Å². The van der Waals surface area contributed by atoms with Crippen molar-refractivity contribution in [3.05, 3.63) is 0 Å². The van der Waals surface area contributed by atoms with Gasteiger partial charge < -0.3 is 5.32 Å². The minimum absolute atomic E-state index is 0.359. The Morgan fingerprint density at radius 3 is 2.30 bits per heavy atom. The van der Waals surface area contributed by atoms with Crippen molar-refractivity contribution in [2.24, 2.45) is 11.3 Å². The topological polar surface area (TPSA) is 15.3 Å². The smallest absolute Gasteiger partial charge is 0.0304 e. The van der Waals surface area contributed by atoms with Crippen LogP contribution in [0.2, 0.25) is 0 Å². The second-order valence-electron chi connectivity index (χ2n) is 8.41. The van der Waals surface area contributed by atoms with Crippen molar-refractivity contribution in [1.29, 1.82) is 0 Å². The van der Waals surface area contributed by atoms with Crippen LogP contribution >= 0.6 is 0 Å². The molecule has 0 aromatic heterocycles. The van der Waals surface area contributed by atoms with E-state index in [9.17, 15) is 0 Å². The summed E-state index contributed by atoms with van der Waals surface area (Å²) in [5, 5.41) is 3.90. The van der Waals surface area contributed by atoms with Crippen LogP contribution in [0.25, 0.3) is 0 Å². The van der Waals surface area contributed by atoms with Gasteiger partial charge in [0.05, 0.1) is 0 Å². The molecule has 0 bridgehead atoms. The summed E-state index contributed by atoms with van der Waals surface area (Å²) in [6, 6.07) is 1.54. The zero-order valence-electron chi connectivity index (χ0n) is 14.6. The number of hydrogen-bond donors (Lipinski definition) is 1. The maximum atomic E-state index is 3.90. The Balaban J connectivity index is 2.15. The van der Waals surface area contributed by atoms with Gasteiger partial charge in [0.15, 0.2) is 0 Å². The highest BCUT2D eigenvalue weighted by atomic mass is 15.3. The molecule has 2 rings (SSSR count). The van der Waals surface area contributed by atoms with Crippen molar-refractivity contribution in [2.45, 2.75) is 91.3 Å². The molecule has 0 radical (unpaired) electrons. The molecular formula is C18H36N2. The Bertz CT molecular complexity index is 317. The van der Waals surface area contributed by atoms with E-state index >= 15 is 0 Å². The van der Waals surface area contributed by atoms with E-state index in [1.165, 1.54) is 45.2 Å². The fourth-order valence-corrected chi connectivity index (χ4v) is 4.39. The lowest BCUT2D eigenvalue weighted by molar-refractivity contribution is 0.0156. The van der Waals surface area contributed by atoms with E-state index in [-0.39, 0.29) is 0 Å². The molecule has 1 aliphatic heterocycles. The van der Waals surface area contributed by atoms with Crippen LogP contribution in [0.5, 0.6) is 0 Å². The molecule has 2 heteroatoms. The van der Waals surface area contributed by atoms with Gasteiger partial charge in [-0.25, -0.2) is 0 Å². The monoisotopic (exact) mass is 280 g/mol. The predicted molar refractivity (Wildman–Crippen MR) is 88.1 cm³/mol. The molecule has 2 atom stereocenters. The number of piperazine rings is 1. The molecule has 20 heavy (non-hydrogen) atoms. The summed E-state index contributed by atoms with van der Waals surface area (Å²) in [6.07, 6.45) is 6.69. The molecular weight excluding hydrogens is 244 g/mol. The average molecular weight is 280 g/mol. The van der Waals surface area contributed by atoms with E-state index in [4.69, 9.17) is 0 Å². The van der Waals surface area contributed by atoms with Gasteiger partial charge in [0.25, 0.3) is 0 Å². The van der Waals surface area contributed by atoms with E-state index < -0.39 is 0 Å². The average Bonchev–Trinajstić information content (AvgIpc) is 2.78. The molecule has 1 N–H and O–H groups in total. The summed E-state index contributed by atoms with van der Waals surface area (Å²) in [5.74, 6) is 0.748. The summed E-state index contributed by atoms with van der Waals surface area (Å²) in [4.78, 5) is 2.89. The fourth-order valence-electron chi connectivity index (χ4n) is 4.39. The summed E-state index contributed by atoms with van der Waals surface area (Å²) in [7, 11) is 0. The zero-order chi connectivity index (χ0) is 15.0. The van der Waals surface area contributed by atoms with Crippen LogP contribution in [0.4, 0.5) is 0 Å². The Labute approximate surface area is 126 Å². The van der Waals surface area contributed by atoms with E-state index in [0.29, 0.717) is 11.0 Å². The Hall–Kier alpha value is -0.0800. The second-order valence-corrected chi connectivity index (χ2v) is 8.41. The Morgan fingerprint density at radius 2 is 1.85 bits per heavy atom. The summed E-state index contributed by atoms with van der Waals surface area (Å²) in [5.41, 5.74) is 0.913. The largest absolute Gasteiger partial charge is 0.308 e. The molecule has 118 valence electrons. The molecule has 2 aliphatic rings. The van der Waals surface area contributed by atoms with Crippen molar-refractivity contribution < 1.29 is 0 Å². The van der Waals surface area contributed by atoms with Crippen LogP contribution in [-0.2, 0) is 0 Å². The molecule has 2 unspecified atom stereocenters. The number of nitrogens with one attached hydrogen (secondary N) is 1. The zero-order valence-corrected chi connectivity index (χ0v) is 14.6. The first-order chi connectivity index (χ1) is 9.32. The van der Waals surface area contributed by atoms with Crippen LogP contribution < -0.4 is 5.32 Å². The van der Waals surface area contributed by atoms with Crippen molar-refractivity contribution >= 4 is 0 Å². The number of nitrogens with zero attached hydrogens (tertiary/aromatic N) is 1. The molecule has 1 saturated carbocycles. The van der Waals surface area contributed by atoms with Gasteiger partial charge in [-0.1, -0.05) is 41.5 Å². The van der Waals surface area contributed by atoms with Gasteiger partial charge in [-0.05, 0) is 43.4 Å². The normalized spacial score (nSPS) is 33.8. The van der Waals surface area contributed by atoms with Crippen molar-refractivity contribution in [3.8, 4) is 0 Å². The van der Waals surface area contributed by atoms with Crippen LogP contribution in [0.15, 0.2) is 0 Å². The van der Waals surface area contributed by atoms with Gasteiger partial charge in [0, 0.05) is 30.7 Å². The standard InChI is InChI=1S/C18H36N2/c1-7-18(8-2)13-20(16(12-19-18)14(3)4)15-9-10-17(5,6)11-15/h14-16,19H,7-13H2,1-6H3. The molecule has 1 aliphatic carbocycles. The van der Waals surface area contributed by atoms with Gasteiger partial charge in [0.2, 0.25) is 0 Å². The third kappa shape index (κ3) is 3.22. The maximum Gasteiger partial charge on any atom is 0.0304 e. The highest BCUT2D eigenvalue weighted by Crippen LogP contribution is 2.42. The highest BCUT2D eigenvalue weighted by molar-refractivity contribution is 5.01. The molecule has 1 heterocycles. The molecule has 0 aromatic rings. The summed E-state index contributed by atoms with van der Waals surface area (Å²) in [6.45, 7) is 16.8. The molecule has 2 nitrogen and oxygen atoms in total. The van der Waals surface area contributed by atoms with E-state index in [0.717, 1.165) is 18.0 Å². The van der Waals surface area contributed by atoms with Gasteiger partial charge in [0.1, 0.15) is 0 Å². The summed E-state index contributed by atoms with van der Waals surface area (Å²) < 4.78 is 0. The first-order valence-electron chi connectivity index (χ1n) is 8.83. The van der Waals surface area contributed by atoms with Crippen molar-refractivity contribution in [1.82, 2.24) is 10.2 Å². The highest BCUT2D eigenvalue weighted by Gasteiger charge is 2.43.